The van der Waals surface area contributed by atoms with Crippen molar-refractivity contribution in [1.29, 1.82) is 0 Å². The summed E-state index contributed by atoms with van der Waals surface area (Å²) in [5.41, 5.74) is 0.260. The van der Waals surface area contributed by atoms with Crippen molar-refractivity contribution in [2.45, 2.75) is 19.3 Å². The number of amides is 1. The summed E-state index contributed by atoms with van der Waals surface area (Å²) in [4.78, 5) is 13.9. The molecule has 1 fully saturated rings. The number of aromatic nitrogens is 1. The molecule has 22 heavy (non-hydrogen) atoms. The summed E-state index contributed by atoms with van der Waals surface area (Å²) in [6.07, 6.45) is 0. The molecule has 116 valence electrons. The van der Waals surface area contributed by atoms with E-state index in [1.807, 2.05) is 13.8 Å². The first kappa shape index (κ1) is 14.6. The van der Waals surface area contributed by atoms with E-state index in [1.165, 1.54) is 12.1 Å². The van der Waals surface area contributed by atoms with Crippen LogP contribution < -0.4 is 4.74 Å². The van der Waals surface area contributed by atoms with Crippen molar-refractivity contribution in [2.24, 2.45) is 0 Å². The molecule has 0 radical (unpaired) electrons. The van der Waals surface area contributed by atoms with Gasteiger partial charge in [0.25, 0.3) is 11.8 Å². The molecule has 1 aliphatic heterocycles. The normalized spacial score (nSPS) is 16.2. The molecular formula is C16H17FN2O3. The number of hydrogen-bond acceptors (Lipinski definition) is 4. The molecule has 3 rings (SSSR count). The molecule has 1 aliphatic rings. The van der Waals surface area contributed by atoms with Gasteiger partial charge in [0.05, 0.1) is 12.7 Å². The molecule has 1 saturated heterocycles. The maximum absolute atomic E-state index is 13.9. The van der Waals surface area contributed by atoms with Crippen LogP contribution in [-0.2, 0) is 5.41 Å². The maximum atomic E-state index is 13.9. The average molecular weight is 304 g/mol. The Hall–Kier alpha value is -2.37. The lowest BCUT2D eigenvalue weighted by Gasteiger charge is -2.48. The largest absolute Gasteiger partial charge is 0.476 e. The average Bonchev–Trinajstić information content (AvgIpc) is 2.93. The fourth-order valence-electron chi connectivity index (χ4n) is 2.79. The molecular weight excluding hydrogens is 287 g/mol. The molecule has 0 saturated carbocycles. The quantitative estimate of drug-likeness (QED) is 0.871. The second kappa shape index (κ2) is 5.44. The van der Waals surface area contributed by atoms with Gasteiger partial charge in [-0.25, -0.2) is 4.39 Å². The molecule has 0 N–H and O–H groups in total. The fourth-order valence-corrected chi connectivity index (χ4v) is 2.79. The molecule has 1 aromatic heterocycles. The third-order valence-electron chi connectivity index (χ3n) is 3.88. The van der Waals surface area contributed by atoms with Crippen LogP contribution in [0.3, 0.4) is 0 Å². The second-order valence-corrected chi connectivity index (χ2v) is 5.66. The van der Waals surface area contributed by atoms with Crippen LogP contribution in [0.1, 0.15) is 30.0 Å². The minimum Gasteiger partial charge on any atom is -0.476 e. The first-order chi connectivity index (χ1) is 10.5. The standard InChI is InChI=1S/C16H17FN2O3/c1-3-21-14-8-13(22-18-14)15(20)19-9-16(2,10-19)11-6-4-5-7-12(11)17/h4-8H,3,9-10H2,1-2H3. The van der Waals surface area contributed by atoms with Gasteiger partial charge in [-0.05, 0) is 23.7 Å². The van der Waals surface area contributed by atoms with Gasteiger partial charge < -0.3 is 14.2 Å². The van der Waals surface area contributed by atoms with E-state index in [-0.39, 0.29) is 22.9 Å². The Kier molecular flexibility index (Phi) is 3.60. The Labute approximate surface area is 127 Å². The number of halogens is 1. The number of carbonyl (C=O) groups excluding carboxylic acids is 1. The lowest BCUT2D eigenvalue weighted by atomic mass is 9.75. The van der Waals surface area contributed by atoms with Crippen molar-refractivity contribution in [3.05, 3.63) is 47.5 Å². The van der Waals surface area contributed by atoms with Crippen LogP contribution in [0.5, 0.6) is 5.88 Å². The van der Waals surface area contributed by atoms with Crippen molar-refractivity contribution in [2.75, 3.05) is 19.7 Å². The molecule has 5 nitrogen and oxygen atoms in total. The van der Waals surface area contributed by atoms with Gasteiger partial charge >= 0.3 is 0 Å². The van der Waals surface area contributed by atoms with Gasteiger partial charge in [0, 0.05) is 18.5 Å². The Morgan fingerprint density at radius 2 is 2.18 bits per heavy atom. The molecule has 1 amide bonds. The van der Waals surface area contributed by atoms with Gasteiger partial charge in [-0.1, -0.05) is 25.1 Å². The number of hydrogen-bond donors (Lipinski definition) is 0. The number of carbonyl (C=O) groups is 1. The maximum Gasteiger partial charge on any atom is 0.292 e. The number of ether oxygens (including phenoxy) is 1. The fraction of sp³-hybridized carbons (Fsp3) is 0.375. The molecule has 0 spiro atoms. The van der Waals surface area contributed by atoms with E-state index in [1.54, 1.807) is 23.1 Å². The van der Waals surface area contributed by atoms with Crippen molar-refractivity contribution in [3.8, 4) is 5.88 Å². The Morgan fingerprint density at radius 1 is 1.45 bits per heavy atom. The monoisotopic (exact) mass is 304 g/mol. The van der Waals surface area contributed by atoms with Gasteiger partial charge in [0.1, 0.15) is 5.82 Å². The molecule has 2 aromatic rings. The van der Waals surface area contributed by atoms with E-state index in [0.29, 0.717) is 31.1 Å². The Morgan fingerprint density at radius 3 is 2.86 bits per heavy atom. The number of benzene rings is 1. The van der Waals surface area contributed by atoms with Crippen LogP contribution in [0.25, 0.3) is 0 Å². The Bertz CT molecular complexity index is 692. The van der Waals surface area contributed by atoms with Crippen LogP contribution in [-0.4, -0.2) is 35.7 Å². The predicted octanol–water partition coefficient (Wildman–Crippen LogP) is 2.63. The highest BCUT2D eigenvalue weighted by Crippen LogP contribution is 2.36. The molecule has 0 aliphatic carbocycles. The third-order valence-corrected chi connectivity index (χ3v) is 3.88. The smallest absolute Gasteiger partial charge is 0.292 e. The van der Waals surface area contributed by atoms with Crippen LogP contribution >= 0.6 is 0 Å². The third kappa shape index (κ3) is 2.45. The van der Waals surface area contributed by atoms with Crippen molar-refractivity contribution in [3.63, 3.8) is 0 Å². The molecule has 0 bridgehead atoms. The lowest BCUT2D eigenvalue weighted by Crippen LogP contribution is -2.59. The summed E-state index contributed by atoms with van der Waals surface area (Å²) >= 11 is 0. The van der Waals surface area contributed by atoms with Crippen LogP contribution in [0, 0.1) is 5.82 Å². The van der Waals surface area contributed by atoms with E-state index in [9.17, 15) is 9.18 Å². The Balaban J connectivity index is 1.69. The summed E-state index contributed by atoms with van der Waals surface area (Å²) in [5.74, 6) is -0.0649. The minimum atomic E-state index is -0.371. The minimum absolute atomic E-state index is 0.138. The zero-order valence-electron chi connectivity index (χ0n) is 12.5. The summed E-state index contributed by atoms with van der Waals surface area (Å²) in [6, 6.07) is 8.14. The topological polar surface area (TPSA) is 55.6 Å². The number of nitrogens with zero attached hydrogens (tertiary/aromatic N) is 2. The lowest BCUT2D eigenvalue weighted by molar-refractivity contribution is 0.0385. The number of likely N-dealkylation sites (tertiary alicyclic amines) is 1. The van der Waals surface area contributed by atoms with Gasteiger partial charge in [0.15, 0.2) is 0 Å². The first-order valence-corrected chi connectivity index (χ1v) is 7.17. The van der Waals surface area contributed by atoms with Gasteiger partial charge in [-0.2, -0.15) is 0 Å². The SMILES string of the molecule is CCOc1cc(C(=O)N2CC(C)(c3ccccc3F)C2)on1. The van der Waals surface area contributed by atoms with Crippen molar-refractivity contribution in [1.82, 2.24) is 10.1 Å². The van der Waals surface area contributed by atoms with E-state index >= 15 is 0 Å². The van der Waals surface area contributed by atoms with Crippen LogP contribution in [0.4, 0.5) is 4.39 Å². The van der Waals surface area contributed by atoms with E-state index in [2.05, 4.69) is 5.16 Å². The van der Waals surface area contributed by atoms with Crippen molar-refractivity contribution < 1.29 is 18.4 Å². The van der Waals surface area contributed by atoms with Gasteiger partial charge in [-0.15, -0.1) is 0 Å². The molecule has 6 heteroatoms. The zero-order chi connectivity index (χ0) is 15.7. The van der Waals surface area contributed by atoms with E-state index < -0.39 is 0 Å². The van der Waals surface area contributed by atoms with Gasteiger partial charge in [-0.3, -0.25) is 4.79 Å². The zero-order valence-corrected chi connectivity index (χ0v) is 12.5. The summed E-state index contributed by atoms with van der Waals surface area (Å²) in [7, 11) is 0. The molecule has 0 atom stereocenters. The van der Waals surface area contributed by atoms with Crippen LogP contribution in [0.2, 0.25) is 0 Å². The highest BCUT2D eigenvalue weighted by atomic mass is 19.1. The second-order valence-electron chi connectivity index (χ2n) is 5.66. The van der Waals surface area contributed by atoms with E-state index in [4.69, 9.17) is 9.26 Å². The van der Waals surface area contributed by atoms with Crippen LogP contribution in [0.15, 0.2) is 34.9 Å². The summed E-state index contributed by atoms with van der Waals surface area (Å²) in [5, 5.41) is 3.67. The van der Waals surface area contributed by atoms with Crippen molar-refractivity contribution >= 4 is 5.91 Å². The predicted molar refractivity (Wildman–Crippen MR) is 77.3 cm³/mol. The highest BCUT2D eigenvalue weighted by Gasteiger charge is 2.45. The molecule has 0 unspecified atom stereocenters. The van der Waals surface area contributed by atoms with Gasteiger partial charge in [0.2, 0.25) is 5.76 Å². The highest BCUT2D eigenvalue weighted by molar-refractivity contribution is 5.92. The summed E-state index contributed by atoms with van der Waals surface area (Å²) < 4.78 is 24.1. The van der Waals surface area contributed by atoms with E-state index in [0.717, 1.165) is 0 Å². The number of rotatable bonds is 4. The summed E-state index contributed by atoms with van der Waals surface area (Å²) in [6.45, 7) is 5.11. The first-order valence-electron chi connectivity index (χ1n) is 7.17. The molecule has 2 heterocycles. The molecule has 1 aromatic carbocycles.